The molecule has 0 aliphatic heterocycles. The van der Waals surface area contributed by atoms with Crippen molar-refractivity contribution in [2.45, 2.75) is 6.92 Å². The molecular formula is C13H11FN2OS. The minimum atomic E-state index is -0.296. The van der Waals surface area contributed by atoms with Crippen LogP contribution in [0.2, 0.25) is 0 Å². The Morgan fingerprint density at radius 3 is 2.72 bits per heavy atom. The van der Waals surface area contributed by atoms with Gasteiger partial charge < -0.3 is 0 Å². The van der Waals surface area contributed by atoms with E-state index < -0.39 is 0 Å². The van der Waals surface area contributed by atoms with Gasteiger partial charge in [-0.2, -0.15) is 0 Å². The number of aromatic nitrogens is 1. The summed E-state index contributed by atoms with van der Waals surface area (Å²) in [5.41, 5.74) is 0.766. The summed E-state index contributed by atoms with van der Waals surface area (Å²) in [4.78, 5) is 16.6. The molecule has 0 spiro atoms. The van der Waals surface area contributed by atoms with Crippen LogP contribution in [0.15, 0.2) is 36.5 Å². The van der Waals surface area contributed by atoms with Crippen molar-refractivity contribution >= 4 is 28.5 Å². The lowest BCUT2D eigenvalue weighted by Crippen LogP contribution is -2.06. The van der Waals surface area contributed by atoms with E-state index in [-0.39, 0.29) is 11.7 Å². The zero-order valence-electron chi connectivity index (χ0n) is 9.68. The second-order valence-electron chi connectivity index (χ2n) is 3.65. The number of benzene rings is 1. The molecule has 0 bridgehead atoms. The van der Waals surface area contributed by atoms with Crippen molar-refractivity contribution in [3.8, 4) is 0 Å². The van der Waals surface area contributed by atoms with E-state index in [0.717, 1.165) is 10.4 Å². The topological polar surface area (TPSA) is 42.0 Å². The average molecular weight is 262 g/mol. The summed E-state index contributed by atoms with van der Waals surface area (Å²) in [6.07, 6.45) is 4.71. The number of carbonyl (C=O) groups excluding carboxylic acids is 1. The van der Waals surface area contributed by atoms with Gasteiger partial charge in [0.1, 0.15) is 5.82 Å². The number of anilines is 1. The monoisotopic (exact) mass is 262 g/mol. The molecule has 1 heterocycles. The standard InChI is InChI=1S/C13H11FN2OS/c1-9-8-15-13(18-9)16-12(17)7-4-10-2-5-11(14)6-3-10/h2-8H,1H3,(H,15,16,17). The highest BCUT2D eigenvalue weighted by molar-refractivity contribution is 7.15. The minimum Gasteiger partial charge on any atom is -0.298 e. The molecule has 1 aromatic heterocycles. The molecule has 0 saturated carbocycles. The summed E-state index contributed by atoms with van der Waals surface area (Å²) >= 11 is 1.41. The van der Waals surface area contributed by atoms with E-state index in [1.54, 1.807) is 24.4 Å². The molecule has 0 atom stereocenters. The molecule has 2 aromatic rings. The van der Waals surface area contributed by atoms with Crippen molar-refractivity contribution in [3.63, 3.8) is 0 Å². The van der Waals surface area contributed by atoms with Crippen LogP contribution in [0.4, 0.5) is 9.52 Å². The highest BCUT2D eigenvalue weighted by Crippen LogP contribution is 2.16. The number of hydrogen-bond donors (Lipinski definition) is 1. The molecule has 1 N–H and O–H groups in total. The molecule has 92 valence electrons. The Kier molecular flexibility index (Phi) is 3.84. The Morgan fingerprint density at radius 1 is 1.39 bits per heavy atom. The first kappa shape index (κ1) is 12.4. The Hall–Kier alpha value is -2.01. The van der Waals surface area contributed by atoms with Crippen LogP contribution in [0.3, 0.4) is 0 Å². The van der Waals surface area contributed by atoms with E-state index in [9.17, 15) is 9.18 Å². The third-order valence-electron chi connectivity index (χ3n) is 2.15. The van der Waals surface area contributed by atoms with Crippen molar-refractivity contribution in [1.82, 2.24) is 4.98 Å². The third-order valence-corrected chi connectivity index (χ3v) is 2.98. The van der Waals surface area contributed by atoms with Crippen LogP contribution in [-0.2, 0) is 4.79 Å². The molecule has 1 amide bonds. The number of nitrogens with zero attached hydrogens (tertiary/aromatic N) is 1. The van der Waals surface area contributed by atoms with Crippen LogP contribution in [0.5, 0.6) is 0 Å². The lowest BCUT2D eigenvalue weighted by atomic mass is 10.2. The van der Waals surface area contributed by atoms with E-state index in [4.69, 9.17) is 0 Å². The van der Waals surface area contributed by atoms with Gasteiger partial charge in [0.15, 0.2) is 5.13 Å². The SMILES string of the molecule is Cc1cnc(NC(=O)C=Cc2ccc(F)cc2)s1. The van der Waals surface area contributed by atoms with Gasteiger partial charge in [0.25, 0.3) is 0 Å². The predicted octanol–water partition coefficient (Wildman–Crippen LogP) is 3.24. The molecular weight excluding hydrogens is 251 g/mol. The minimum absolute atomic E-state index is 0.256. The van der Waals surface area contributed by atoms with E-state index in [2.05, 4.69) is 10.3 Å². The summed E-state index contributed by atoms with van der Waals surface area (Å²) in [5, 5.41) is 3.22. The molecule has 0 aliphatic rings. The number of aryl methyl sites for hydroxylation is 1. The zero-order chi connectivity index (χ0) is 13.0. The number of hydrogen-bond acceptors (Lipinski definition) is 3. The van der Waals surface area contributed by atoms with Crippen LogP contribution in [-0.4, -0.2) is 10.9 Å². The van der Waals surface area contributed by atoms with Gasteiger partial charge in [-0.05, 0) is 30.7 Å². The smallest absolute Gasteiger partial charge is 0.250 e. The normalized spacial score (nSPS) is 10.8. The molecule has 3 nitrogen and oxygen atoms in total. The molecule has 0 radical (unpaired) electrons. The molecule has 0 aliphatic carbocycles. The Balaban J connectivity index is 1.96. The van der Waals surface area contributed by atoms with Gasteiger partial charge in [0.2, 0.25) is 5.91 Å². The Morgan fingerprint density at radius 2 is 2.11 bits per heavy atom. The maximum absolute atomic E-state index is 12.7. The van der Waals surface area contributed by atoms with E-state index >= 15 is 0 Å². The van der Waals surface area contributed by atoms with Gasteiger partial charge in [0.05, 0.1) is 0 Å². The van der Waals surface area contributed by atoms with Crippen molar-refractivity contribution in [2.75, 3.05) is 5.32 Å². The fourth-order valence-electron chi connectivity index (χ4n) is 1.31. The first-order valence-electron chi connectivity index (χ1n) is 5.30. The third kappa shape index (κ3) is 3.49. The van der Waals surface area contributed by atoms with Crippen molar-refractivity contribution in [3.05, 3.63) is 52.8 Å². The fourth-order valence-corrected chi connectivity index (χ4v) is 1.97. The Labute approximate surface area is 108 Å². The predicted molar refractivity (Wildman–Crippen MR) is 70.9 cm³/mol. The molecule has 18 heavy (non-hydrogen) atoms. The van der Waals surface area contributed by atoms with Gasteiger partial charge in [-0.25, -0.2) is 9.37 Å². The number of halogens is 1. The summed E-state index contributed by atoms with van der Waals surface area (Å²) < 4.78 is 12.7. The largest absolute Gasteiger partial charge is 0.298 e. The van der Waals surface area contributed by atoms with E-state index in [1.165, 1.54) is 29.5 Å². The van der Waals surface area contributed by atoms with Gasteiger partial charge in [0, 0.05) is 17.2 Å². The second-order valence-corrected chi connectivity index (χ2v) is 4.88. The van der Waals surface area contributed by atoms with Crippen LogP contribution < -0.4 is 5.32 Å². The first-order chi connectivity index (χ1) is 8.63. The van der Waals surface area contributed by atoms with Gasteiger partial charge in [-0.15, -0.1) is 11.3 Å². The maximum atomic E-state index is 12.7. The number of nitrogens with one attached hydrogen (secondary N) is 1. The highest BCUT2D eigenvalue weighted by atomic mass is 32.1. The number of rotatable bonds is 3. The van der Waals surface area contributed by atoms with Crippen molar-refractivity contribution in [2.24, 2.45) is 0 Å². The quantitative estimate of drug-likeness (QED) is 0.863. The lowest BCUT2D eigenvalue weighted by Gasteiger charge is -1.96. The maximum Gasteiger partial charge on any atom is 0.250 e. The van der Waals surface area contributed by atoms with E-state index in [1.807, 2.05) is 6.92 Å². The summed E-state index contributed by atoms with van der Waals surface area (Å²) in [5.74, 6) is -0.552. The first-order valence-corrected chi connectivity index (χ1v) is 6.12. The number of carbonyl (C=O) groups is 1. The number of amides is 1. The zero-order valence-corrected chi connectivity index (χ0v) is 10.5. The lowest BCUT2D eigenvalue weighted by molar-refractivity contribution is -0.111. The van der Waals surface area contributed by atoms with Crippen molar-refractivity contribution < 1.29 is 9.18 Å². The molecule has 2 rings (SSSR count). The van der Waals surface area contributed by atoms with Crippen LogP contribution in [0, 0.1) is 12.7 Å². The average Bonchev–Trinajstić information content (AvgIpc) is 2.74. The van der Waals surface area contributed by atoms with E-state index in [0.29, 0.717) is 5.13 Å². The molecule has 0 fully saturated rings. The number of thiazole rings is 1. The molecule has 0 saturated heterocycles. The van der Waals surface area contributed by atoms with Gasteiger partial charge in [-0.3, -0.25) is 10.1 Å². The van der Waals surface area contributed by atoms with Gasteiger partial charge in [-0.1, -0.05) is 12.1 Å². The summed E-state index contributed by atoms with van der Waals surface area (Å²) in [6.45, 7) is 1.92. The van der Waals surface area contributed by atoms with Crippen LogP contribution in [0.25, 0.3) is 6.08 Å². The highest BCUT2D eigenvalue weighted by Gasteiger charge is 2.01. The summed E-state index contributed by atoms with van der Waals surface area (Å²) in [7, 11) is 0. The second kappa shape index (κ2) is 5.55. The fraction of sp³-hybridized carbons (Fsp3) is 0.0769. The van der Waals surface area contributed by atoms with Gasteiger partial charge >= 0.3 is 0 Å². The van der Waals surface area contributed by atoms with Crippen molar-refractivity contribution in [1.29, 1.82) is 0 Å². The molecule has 0 unspecified atom stereocenters. The van der Waals surface area contributed by atoms with Crippen LogP contribution >= 0.6 is 11.3 Å². The summed E-state index contributed by atoms with van der Waals surface area (Å²) in [6, 6.07) is 5.91. The van der Waals surface area contributed by atoms with Crippen LogP contribution in [0.1, 0.15) is 10.4 Å². The Bertz CT molecular complexity index is 575. The molecule has 1 aromatic carbocycles. The molecule has 5 heteroatoms.